The van der Waals surface area contributed by atoms with E-state index in [4.69, 9.17) is 9.47 Å². The van der Waals surface area contributed by atoms with Crippen LogP contribution in [0.4, 0.5) is 0 Å². The number of rotatable bonds is 4. The molecule has 1 fully saturated rings. The number of hydrazone groups is 1. The molecule has 5 nitrogen and oxygen atoms in total. The molecule has 19 heavy (non-hydrogen) atoms. The Labute approximate surface area is 111 Å². The molecule has 2 aliphatic rings. The maximum atomic E-state index is 12.3. The van der Waals surface area contributed by atoms with E-state index >= 15 is 0 Å². The fraction of sp³-hybridized carbons (Fsp3) is 0.429. The molecule has 2 aliphatic heterocycles. The SMILES string of the molecule is COc1ccc(C2CNN=C2C(=O)C2(C)CO2)cc1. The van der Waals surface area contributed by atoms with Crippen molar-refractivity contribution < 1.29 is 14.3 Å². The molecule has 0 amide bonds. The van der Waals surface area contributed by atoms with Crippen molar-refractivity contribution in [3.8, 4) is 5.75 Å². The Balaban J connectivity index is 1.83. The van der Waals surface area contributed by atoms with E-state index in [1.54, 1.807) is 14.0 Å². The number of hydrogen-bond donors (Lipinski definition) is 1. The number of carbonyl (C=O) groups is 1. The highest BCUT2D eigenvalue weighted by molar-refractivity contribution is 6.45. The Morgan fingerprint density at radius 1 is 1.47 bits per heavy atom. The number of ketones is 1. The van der Waals surface area contributed by atoms with Crippen molar-refractivity contribution in [1.29, 1.82) is 0 Å². The zero-order valence-electron chi connectivity index (χ0n) is 11.0. The van der Waals surface area contributed by atoms with E-state index in [1.165, 1.54) is 0 Å². The molecule has 0 aromatic heterocycles. The second-order valence-electron chi connectivity index (χ2n) is 5.03. The van der Waals surface area contributed by atoms with E-state index in [9.17, 15) is 4.79 Å². The van der Waals surface area contributed by atoms with Crippen molar-refractivity contribution in [2.45, 2.75) is 18.4 Å². The summed E-state index contributed by atoms with van der Waals surface area (Å²) < 4.78 is 10.4. The van der Waals surface area contributed by atoms with Crippen LogP contribution >= 0.6 is 0 Å². The highest BCUT2D eigenvalue weighted by Gasteiger charge is 2.51. The number of benzene rings is 1. The average molecular weight is 260 g/mol. The molecule has 0 aliphatic carbocycles. The third-order valence-corrected chi connectivity index (χ3v) is 3.63. The van der Waals surface area contributed by atoms with Gasteiger partial charge in [-0.25, -0.2) is 0 Å². The number of Topliss-reactive ketones (excluding diaryl/α,β-unsaturated/α-hetero) is 1. The van der Waals surface area contributed by atoms with E-state index in [1.807, 2.05) is 24.3 Å². The van der Waals surface area contributed by atoms with Gasteiger partial charge in [-0.2, -0.15) is 5.10 Å². The molecule has 1 N–H and O–H groups in total. The third-order valence-electron chi connectivity index (χ3n) is 3.63. The summed E-state index contributed by atoms with van der Waals surface area (Å²) in [4.78, 5) is 12.3. The molecule has 100 valence electrons. The minimum absolute atomic E-state index is 0.0144. The van der Waals surface area contributed by atoms with Gasteiger partial charge in [0.2, 0.25) is 5.78 Å². The maximum Gasteiger partial charge on any atom is 0.213 e. The molecule has 1 aromatic carbocycles. The van der Waals surface area contributed by atoms with E-state index in [0.717, 1.165) is 11.3 Å². The minimum atomic E-state index is -0.657. The lowest BCUT2D eigenvalue weighted by atomic mass is 9.89. The number of epoxide rings is 1. The molecule has 0 saturated carbocycles. The van der Waals surface area contributed by atoms with Crippen molar-refractivity contribution in [3.05, 3.63) is 29.8 Å². The summed E-state index contributed by atoms with van der Waals surface area (Å²) in [6, 6.07) is 7.72. The van der Waals surface area contributed by atoms with Crippen LogP contribution in [0.3, 0.4) is 0 Å². The summed E-state index contributed by atoms with van der Waals surface area (Å²) >= 11 is 0. The molecule has 1 saturated heterocycles. The summed E-state index contributed by atoms with van der Waals surface area (Å²) in [6.07, 6.45) is 0. The van der Waals surface area contributed by atoms with E-state index in [0.29, 0.717) is 18.9 Å². The molecule has 2 atom stereocenters. The van der Waals surface area contributed by atoms with E-state index in [2.05, 4.69) is 10.5 Å². The Morgan fingerprint density at radius 3 is 2.74 bits per heavy atom. The number of carbonyl (C=O) groups excluding carboxylic acids is 1. The fourth-order valence-corrected chi connectivity index (χ4v) is 2.23. The number of nitrogens with one attached hydrogen (secondary N) is 1. The zero-order chi connectivity index (χ0) is 13.5. The van der Waals surface area contributed by atoms with E-state index in [-0.39, 0.29) is 11.7 Å². The summed E-state index contributed by atoms with van der Waals surface area (Å²) in [5.41, 5.74) is 3.87. The van der Waals surface area contributed by atoms with Crippen LogP contribution in [0.5, 0.6) is 5.75 Å². The van der Waals surface area contributed by atoms with Crippen LogP contribution < -0.4 is 10.2 Å². The normalized spacial score (nSPS) is 28.5. The lowest BCUT2D eigenvalue weighted by molar-refractivity contribution is -0.117. The molecular weight excluding hydrogens is 244 g/mol. The number of nitrogens with zero attached hydrogens (tertiary/aromatic N) is 1. The van der Waals surface area contributed by atoms with Crippen LogP contribution in [0.1, 0.15) is 18.4 Å². The number of methoxy groups -OCH3 is 1. The predicted octanol–water partition coefficient (Wildman–Crippen LogP) is 1.10. The van der Waals surface area contributed by atoms with Crippen molar-refractivity contribution in [3.63, 3.8) is 0 Å². The van der Waals surface area contributed by atoms with Gasteiger partial charge in [0, 0.05) is 6.54 Å². The van der Waals surface area contributed by atoms with Crippen LogP contribution in [0.25, 0.3) is 0 Å². The highest BCUT2D eigenvalue weighted by atomic mass is 16.6. The predicted molar refractivity (Wildman–Crippen MR) is 70.5 cm³/mol. The van der Waals surface area contributed by atoms with Gasteiger partial charge in [-0.3, -0.25) is 4.79 Å². The first-order chi connectivity index (χ1) is 9.14. The Kier molecular flexibility index (Phi) is 2.78. The number of hydrogen-bond acceptors (Lipinski definition) is 5. The van der Waals surface area contributed by atoms with Gasteiger partial charge >= 0.3 is 0 Å². The lowest BCUT2D eigenvalue weighted by Crippen LogP contribution is -2.32. The first-order valence-corrected chi connectivity index (χ1v) is 6.27. The molecular formula is C14H16N2O3. The van der Waals surface area contributed by atoms with Crippen LogP contribution in [0.2, 0.25) is 0 Å². The van der Waals surface area contributed by atoms with Gasteiger partial charge in [-0.15, -0.1) is 0 Å². The Hall–Kier alpha value is -1.88. The largest absolute Gasteiger partial charge is 0.497 e. The quantitative estimate of drug-likeness (QED) is 0.823. The molecule has 2 unspecified atom stereocenters. The monoisotopic (exact) mass is 260 g/mol. The van der Waals surface area contributed by atoms with Gasteiger partial charge in [0.25, 0.3) is 0 Å². The zero-order valence-corrected chi connectivity index (χ0v) is 11.0. The van der Waals surface area contributed by atoms with Gasteiger partial charge in [0.05, 0.1) is 19.6 Å². The van der Waals surface area contributed by atoms with Gasteiger partial charge in [-0.05, 0) is 24.6 Å². The van der Waals surface area contributed by atoms with E-state index < -0.39 is 5.60 Å². The lowest BCUT2D eigenvalue weighted by Gasteiger charge is -2.13. The summed E-state index contributed by atoms with van der Waals surface area (Å²) in [7, 11) is 1.63. The van der Waals surface area contributed by atoms with Crippen LogP contribution in [0, 0.1) is 0 Å². The van der Waals surface area contributed by atoms with Crippen molar-refractivity contribution in [2.75, 3.05) is 20.3 Å². The van der Waals surface area contributed by atoms with Crippen molar-refractivity contribution >= 4 is 11.5 Å². The summed E-state index contributed by atoms with van der Waals surface area (Å²) in [5, 5.41) is 4.15. The second-order valence-corrected chi connectivity index (χ2v) is 5.03. The topological polar surface area (TPSA) is 63.2 Å². The maximum absolute atomic E-state index is 12.3. The fourth-order valence-electron chi connectivity index (χ4n) is 2.23. The van der Waals surface area contributed by atoms with Gasteiger partial charge < -0.3 is 14.9 Å². The van der Waals surface area contributed by atoms with Crippen LogP contribution in [0.15, 0.2) is 29.4 Å². The molecule has 3 rings (SSSR count). The molecule has 1 aromatic rings. The van der Waals surface area contributed by atoms with Crippen LogP contribution in [-0.2, 0) is 9.53 Å². The Bertz CT molecular complexity index is 532. The van der Waals surface area contributed by atoms with Crippen LogP contribution in [-0.4, -0.2) is 37.4 Å². The molecule has 0 spiro atoms. The van der Waals surface area contributed by atoms with Gasteiger partial charge in [-0.1, -0.05) is 12.1 Å². The molecule has 0 bridgehead atoms. The average Bonchev–Trinajstić information content (AvgIpc) is 3.02. The first-order valence-electron chi connectivity index (χ1n) is 6.27. The van der Waals surface area contributed by atoms with Gasteiger partial charge in [0.1, 0.15) is 11.5 Å². The first kappa shape index (κ1) is 12.2. The smallest absolute Gasteiger partial charge is 0.213 e. The molecule has 0 radical (unpaired) electrons. The van der Waals surface area contributed by atoms with Crippen molar-refractivity contribution in [1.82, 2.24) is 5.43 Å². The third kappa shape index (κ3) is 2.10. The number of ether oxygens (including phenoxy) is 2. The second kappa shape index (κ2) is 4.35. The van der Waals surface area contributed by atoms with Gasteiger partial charge in [0.15, 0.2) is 5.60 Å². The van der Waals surface area contributed by atoms with Crippen molar-refractivity contribution in [2.24, 2.45) is 5.10 Å². The Morgan fingerprint density at radius 2 is 2.16 bits per heavy atom. The molecule has 5 heteroatoms. The summed E-state index contributed by atoms with van der Waals surface area (Å²) in [6.45, 7) is 2.94. The highest BCUT2D eigenvalue weighted by Crippen LogP contribution is 2.32. The standard InChI is InChI=1S/C14H16N2O3/c1-14(8-19-14)13(17)12-11(7-15-16-12)9-3-5-10(18-2)6-4-9/h3-6,11,15H,7-8H2,1-2H3. The minimum Gasteiger partial charge on any atom is -0.497 e. The summed E-state index contributed by atoms with van der Waals surface area (Å²) in [5.74, 6) is 0.773. The molecule has 2 heterocycles.